The Kier molecular flexibility index (Phi) is 2.84. The number of nitrogens with two attached hydrogens (primary N) is 1. The summed E-state index contributed by atoms with van der Waals surface area (Å²) in [4.78, 5) is 11.0. The molecule has 2 atom stereocenters. The number of carbonyl (C=O) groups is 1. The third-order valence-corrected chi connectivity index (χ3v) is 1.96. The zero-order valence-corrected chi connectivity index (χ0v) is 6.67. The van der Waals surface area contributed by atoms with Crippen molar-refractivity contribution in [3.8, 4) is 0 Å². The van der Waals surface area contributed by atoms with Gasteiger partial charge in [-0.2, -0.15) is 0 Å². The molecule has 2 unspecified atom stereocenters. The second-order valence-corrected chi connectivity index (χ2v) is 2.76. The van der Waals surface area contributed by atoms with Crippen LogP contribution in [0.5, 0.6) is 0 Å². The number of esters is 1. The highest BCUT2D eigenvalue weighted by atomic mass is 16.5. The first-order chi connectivity index (χ1) is 5.25. The van der Waals surface area contributed by atoms with E-state index in [0.717, 1.165) is 19.4 Å². The molecule has 64 valence electrons. The average molecular weight is 158 g/mol. The van der Waals surface area contributed by atoms with Crippen LogP contribution in [0, 0.1) is 0 Å². The van der Waals surface area contributed by atoms with Gasteiger partial charge in [-0.25, -0.2) is 0 Å². The van der Waals surface area contributed by atoms with E-state index in [9.17, 15) is 4.79 Å². The molecule has 0 bridgehead atoms. The molecule has 1 rings (SSSR count). The maximum Gasteiger partial charge on any atom is 0.324 e. The summed E-state index contributed by atoms with van der Waals surface area (Å²) in [6.07, 6.45) is 1.93. The summed E-state index contributed by atoms with van der Waals surface area (Å²) in [5.41, 5.74) is 5.69. The summed E-state index contributed by atoms with van der Waals surface area (Å²) in [6, 6.07) is -0.384. The SMILES string of the molecule is COC(=O)C1NCCCC1N. The quantitative estimate of drug-likeness (QED) is 0.492. The Morgan fingerprint density at radius 1 is 1.73 bits per heavy atom. The lowest BCUT2D eigenvalue weighted by Gasteiger charge is -2.27. The van der Waals surface area contributed by atoms with Gasteiger partial charge in [-0.3, -0.25) is 4.79 Å². The highest BCUT2D eigenvalue weighted by Gasteiger charge is 2.28. The molecule has 3 N–H and O–H groups in total. The Labute approximate surface area is 66.1 Å². The Morgan fingerprint density at radius 3 is 3.00 bits per heavy atom. The zero-order valence-electron chi connectivity index (χ0n) is 6.67. The number of nitrogens with one attached hydrogen (secondary N) is 1. The fraction of sp³-hybridized carbons (Fsp3) is 0.857. The van der Waals surface area contributed by atoms with Gasteiger partial charge in [0.25, 0.3) is 0 Å². The predicted octanol–water partition coefficient (Wildman–Crippen LogP) is -0.761. The van der Waals surface area contributed by atoms with E-state index >= 15 is 0 Å². The highest BCUT2D eigenvalue weighted by Crippen LogP contribution is 2.06. The van der Waals surface area contributed by atoms with Crippen molar-refractivity contribution < 1.29 is 9.53 Å². The van der Waals surface area contributed by atoms with Crippen molar-refractivity contribution in [1.29, 1.82) is 0 Å². The number of piperidine rings is 1. The molecule has 0 aromatic carbocycles. The molecule has 4 nitrogen and oxygen atoms in total. The molecule has 0 aromatic heterocycles. The van der Waals surface area contributed by atoms with E-state index in [-0.39, 0.29) is 18.1 Å². The first-order valence-electron chi connectivity index (χ1n) is 3.82. The van der Waals surface area contributed by atoms with Crippen molar-refractivity contribution >= 4 is 5.97 Å². The van der Waals surface area contributed by atoms with Gasteiger partial charge >= 0.3 is 5.97 Å². The lowest BCUT2D eigenvalue weighted by molar-refractivity contribution is -0.144. The minimum absolute atomic E-state index is 0.0869. The van der Waals surface area contributed by atoms with Crippen LogP contribution in [0.1, 0.15) is 12.8 Å². The van der Waals surface area contributed by atoms with Gasteiger partial charge in [-0.15, -0.1) is 0 Å². The molecule has 1 aliphatic rings. The van der Waals surface area contributed by atoms with Gasteiger partial charge in [-0.1, -0.05) is 0 Å². The molecule has 1 aliphatic heterocycles. The van der Waals surface area contributed by atoms with Gasteiger partial charge in [0.15, 0.2) is 0 Å². The Hall–Kier alpha value is -0.610. The smallest absolute Gasteiger partial charge is 0.324 e. The van der Waals surface area contributed by atoms with E-state index in [0.29, 0.717) is 0 Å². The summed E-state index contributed by atoms with van der Waals surface area (Å²) < 4.78 is 4.58. The number of rotatable bonds is 1. The van der Waals surface area contributed by atoms with Crippen LogP contribution in [0.2, 0.25) is 0 Å². The van der Waals surface area contributed by atoms with Gasteiger partial charge in [0, 0.05) is 6.04 Å². The molecule has 11 heavy (non-hydrogen) atoms. The maximum absolute atomic E-state index is 11.0. The second kappa shape index (κ2) is 3.69. The molecular formula is C7H14N2O2. The van der Waals surface area contributed by atoms with E-state index in [1.165, 1.54) is 7.11 Å². The lowest BCUT2D eigenvalue weighted by atomic mass is 10.00. The van der Waals surface area contributed by atoms with E-state index in [2.05, 4.69) is 10.1 Å². The Bertz CT molecular complexity index is 149. The van der Waals surface area contributed by atoms with E-state index in [4.69, 9.17) is 5.73 Å². The minimum Gasteiger partial charge on any atom is -0.468 e. The van der Waals surface area contributed by atoms with Crippen molar-refractivity contribution in [3.05, 3.63) is 0 Å². The van der Waals surface area contributed by atoms with Crippen molar-refractivity contribution in [3.63, 3.8) is 0 Å². The van der Waals surface area contributed by atoms with Crippen LogP contribution in [-0.2, 0) is 9.53 Å². The molecular weight excluding hydrogens is 144 g/mol. The van der Waals surface area contributed by atoms with E-state index in [1.807, 2.05) is 0 Å². The van der Waals surface area contributed by atoms with Crippen LogP contribution < -0.4 is 11.1 Å². The van der Waals surface area contributed by atoms with Crippen LogP contribution in [-0.4, -0.2) is 31.7 Å². The molecule has 0 amide bonds. The first-order valence-corrected chi connectivity index (χ1v) is 3.82. The van der Waals surface area contributed by atoms with Crippen LogP contribution in [0.25, 0.3) is 0 Å². The fourth-order valence-corrected chi connectivity index (χ4v) is 1.30. The van der Waals surface area contributed by atoms with E-state index in [1.54, 1.807) is 0 Å². The van der Waals surface area contributed by atoms with Gasteiger partial charge in [0.05, 0.1) is 7.11 Å². The largest absolute Gasteiger partial charge is 0.468 e. The molecule has 0 aromatic rings. The molecule has 1 heterocycles. The normalized spacial score (nSPS) is 31.5. The van der Waals surface area contributed by atoms with E-state index < -0.39 is 0 Å². The molecule has 0 saturated carbocycles. The summed E-state index contributed by atoms with van der Waals surface area (Å²) in [7, 11) is 1.38. The predicted molar refractivity (Wildman–Crippen MR) is 41.0 cm³/mol. The monoisotopic (exact) mass is 158 g/mol. The Morgan fingerprint density at radius 2 is 2.45 bits per heavy atom. The van der Waals surface area contributed by atoms with Gasteiger partial charge in [0.2, 0.25) is 0 Å². The van der Waals surface area contributed by atoms with Crippen molar-refractivity contribution in [1.82, 2.24) is 5.32 Å². The minimum atomic E-state index is -0.297. The second-order valence-electron chi connectivity index (χ2n) is 2.76. The van der Waals surface area contributed by atoms with Crippen LogP contribution >= 0.6 is 0 Å². The standard InChI is InChI=1S/C7H14N2O2/c1-11-7(10)6-5(8)3-2-4-9-6/h5-6,9H,2-4,8H2,1H3. The molecule has 0 spiro atoms. The number of ether oxygens (including phenoxy) is 1. The van der Waals surface area contributed by atoms with Gasteiger partial charge in [0.1, 0.15) is 6.04 Å². The summed E-state index contributed by atoms with van der Waals surface area (Å²) in [5, 5.41) is 3.02. The van der Waals surface area contributed by atoms with Crippen molar-refractivity contribution in [2.45, 2.75) is 24.9 Å². The molecule has 1 saturated heterocycles. The van der Waals surface area contributed by atoms with Gasteiger partial charge < -0.3 is 15.8 Å². The molecule has 0 aliphatic carbocycles. The van der Waals surface area contributed by atoms with Gasteiger partial charge in [-0.05, 0) is 19.4 Å². The number of hydrogen-bond acceptors (Lipinski definition) is 4. The van der Waals surface area contributed by atoms with Crippen LogP contribution in [0.15, 0.2) is 0 Å². The highest BCUT2D eigenvalue weighted by molar-refractivity contribution is 5.76. The zero-order chi connectivity index (χ0) is 8.27. The van der Waals surface area contributed by atoms with Crippen molar-refractivity contribution in [2.75, 3.05) is 13.7 Å². The number of methoxy groups -OCH3 is 1. The molecule has 1 fully saturated rings. The fourth-order valence-electron chi connectivity index (χ4n) is 1.30. The van der Waals surface area contributed by atoms with Crippen molar-refractivity contribution in [2.24, 2.45) is 5.73 Å². The number of hydrogen-bond donors (Lipinski definition) is 2. The summed E-state index contributed by atoms with van der Waals surface area (Å²) in [6.45, 7) is 0.855. The molecule has 0 radical (unpaired) electrons. The first kappa shape index (κ1) is 8.49. The topological polar surface area (TPSA) is 64.3 Å². The Balaban J connectivity index is 2.47. The van der Waals surface area contributed by atoms with Crippen LogP contribution in [0.3, 0.4) is 0 Å². The summed E-state index contributed by atoms with van der Waals surface area (Å²) in [5.74, 6) is -0.253. The lowest BCUT2D eigenvalue weighted by Crippen LogP contribution is -2.54. The molecule has 4 heteroatoms. The third-order valence-electron chi connectivity index (χ3n) is 1.96. The third kappa shape index (κ3) is 1.91. The maximum atomic E-state index is 11.0. The summed E-state index contributed by atoms with van der Waals surface area (Å²) >= 11 is 0. The van der Waals surface area contributed by atoms with Crippen LogP contribution in [0.4, 0.5) is 0 Å². The number of carbonyl (C=O) groups excluding carboxylic acids is 1. The average Bonchev–Trinajstić information content (AvgIpc) is 2.04.